The van der Waals surface area contributed by atoms with Crippen LogP contribution in [0, 0.1) is 0 Å². The van der Waals surface area contributed by atoms with Crippen molar-refractivity contribution in [1.29, 1.82) is 0 Å². The Labute approximate surface area is 114 Å². The highest BCUT2D eigenvalue weighted by molar-refractivity contribution is 9.10. The van der Waals surface area contributed by atoms with Gasteiger partial charge in [0.05, 0.1) is 5.52 Å². The van der Waals surface area contributed by atoms with E-state index in [0.29, 0.717) is 0 Å². The molecule has 0 aliphatic carbocycles. The topological polar surface area (TPSA) is 17.8 Å². The zero-order chi connectivity index (χ0) is 12.4. The number of hydrogen-bond donors (Lipinski definition) is 0. The Kier molecular flexibility index (Phi) is 3.15. The van der Waals surface area contributed by atoms with Gasteiger partial charge in [0.2, 0.25) is 0 Å². The molecule has 2 nitrogen and oxygen atoms in total. The van der Waals surface area contributed by atoms with E-state index in [-0.39, 0.29) is 0 Å². The first-order valence-electron chi connectivity index (χ1n) is 5.98. The zero-order valence-electron chi connectivity index (χ0n) is 9.88. The van der Waals surface area contributed by atoms with E-state index in [1.54, 1.807) is 0 Å². The SMILES string of the molecule is Brc1ccc2nn(CCc3ccccc3)cc2c1. The second kappa shape index (κ2) is 4.94. The van der Waals surface area contributed by atoms with Crippen LogP contribution in [0.2, 0.25) is 0 Å². The number of rotatable bonds is 3. The third kappa shape index (κ3) is 2.46. The Morgan fingerprint density at radius 1 is 1.06 bits per heavy atom. The van der Waals surface area contributed by atoms with Gasteiger partial charge < -0.3 is 0 Å². The molecule has 0 spiro atoms. The molecule has 0 amide bonds. The van der Waals surface area contributed by atoms with Gasteiger partial charge in [-0.2, -0.15) is 5.10 Å². The van der Waals surface area contributed by atoms with Gasteiger partial charge in [0.15, 0.2) is 0 Å². The summed E-state index contributed by atoms with van der Waals surface area (Å²) in [6, 6.07) is 16.7. The molecule has 0 saturated carbocycles. The summed E-state index contributed by atoms with van der Waals surface area (Å²) >= 11 is 3.48. The Bertz CT molecular complexity index is 659. The lowest BCUT2D eigenvalue weighted by Crippen LogP contribution is -2.01. The summed E-state index contributed by atoms with van der Waals surface area (Å²) in [6.07, 6.45) is 3.11. The minimum Gasteiger partial charge on any atom is -0.271 e. The highest BCUT2D eigenvalue weighted by Crippen LogP contribution is 2.18. The zero-order valence-corrected chi connectivity index (χ0v) is 11.5. The molecular weight excluding hydrogens is 288 g/mol. The van der Waals surface area contributed by atoms with Gasteiger partial charge in [0.25, 0.3) is 0 Å². The van der Waals surface area contributed by atoms with Gasteiger partial charge in [0.1, 0.15) is 0 Å². The molecule has 3 rings (SSSR count). The van der Waals surface area contributed by atoms with Crippen molar-refractivity contribution in [1.82, 2.24) is 9.78 Å². The molecule has 0 aliphatic rings. The van der Waals surface area contributed by atoms with Gasteiger partial charge >= 0.3 is 0 Å². The van der Waals surface area contributed by atoms with Gasteiger partial charge in [-0.3, -0.25) is 4.68 Å². The Morgan fingerprint density at radius 2 is 1.89 bits per heavy atom. The second-order valence-electron chi connectivity index (χ2n) is 4.33. The Morgan fingerprint density at radius 3 is 2.72 bits per heavy atom. The third-order valence-corrected chi connectivity index (χ3v) is 3.48. The Balaban J connectivity index is 1.79. The summed E-state index contributed by atoms with van der Waals surface area (Å²) in [7, 11) is 0. The molecule has 0 radical (unpaired) electrons. The van der Waals surface area contributed by atoms with Crippen LogP contribution in [0.1, 0.15) is 5.56 Å². The highest BCUT2D eigenvalue weighted by atomic mass is 79.9. The largest absolute Gasteiger partial charge is 0.271 e. The van der Waals surface area contributed by atoms with Crippen LogP contribution in [0.4, 0.5) is 0 Å². The lowest BCUT2D eigenvalue weighted by Gasteiger charge is -2.01. The fourth-order valence-corrected chi connectivity index (χ4v) is 2.43. The van der Waals surface area contributed by atoms with Crippen LogP contribution in [0.15, 0.2) is 59.2 Å². The molecule has 2 aromatic carbocycles. The van der Waals surface area contributed by atoms with Crippen molar-refractivity contribution >= 4 is 26.8 Å². The van der Waals surface area contributed by atoms with Crippen molar-refractivity contribution in [3.05, 3.63) is 64.8 Å². The van der Waals surface area contributed by atoms with Crippen molar-refractivity contribution in [3.8, 4) is 0 Å². The van der Waals surface area contributed by atoms with Gasteiger partial charge in [0, 0.05) is 22.6 Å². The van der Waals surface area contributed by atoms with Crippen molar-refractivity contribution in [3.63, 3.8) is 0 Å². The maximum Gasteiger partial charge on any atom is 0.0924 e. The molecule has 0 unspecified atom stereocenters. The number of aryl methyl sites for hydroxylation is 2. The minimum absolute atomic E-state index is 0.913. The Hall–Kier alpha value is -1.61. The van der Waals surface area contributed by atoms with E-state index in [4.69, 9.17) is 0 Å². The average Bonchev–Trinajstić information content (AvgIpc) is 2.79. The van der Waals surface area contributed by atoms with E-state index in [1.807, 2.05) is 22.9 Å². The van der Waals surface area contributed by atoms with Crippen molar-refractivity contribution in [2.75, 3.05) is 0 Å². The molecule has 0 fully saturated rings. The first kappa shape index (κ1) is 11.5. The van der Waals surface area contributed by atoms with Crippen LogP contribution in [-0.4, -0.2) is 9.78 Å². The summed E-state index contributed by atoms with van der Waals surface area (Å²) in [5.41, 5.74) is 2.39. The van der Waals surface area contributed by atoms with Crippen LogP contribution in [0.3, 0.4) is 0 Å². The quantitative estimate of drug-likeness (QED) is 0.714. The molecule has 3 heteroatoms. The number of aromatic nitrogens is 2. The number of hydrogen-bond acceptors (Lipinski definition) is 1. The molecule has 18 heavy (non-hydrogen) atoms. The van der Waals surface area contributed by atoms with Crippen LogP contribution in [0.25, 0.3) is 10.9 Å². The lowest BCUT2D eigenvalue weighted by atomic mass is 10.1. The summed E-state index contributed by atoms with van der Waals surface area (Å²) in [4.78, 5) is 0. The summed E-state index contributed by atoms with van der Waals surface area (Å²) < 4.78 is 3.11. The minimum atomic E-state index is 0.913. The van der Waals surface area contributed by atoms with Crippen LogP contribution in [0.5, 0.6) is 0 Å². The molecule has 1 aromatic heterocycles. The summed E-state index contributed by atoms with van der Waals surface area (Å²) in [5, 5.41) is 5.74. The van der Waals surface area contributed by atoms with E-state index in [1.165, 1.54) is 10.9 Å². The lowest BCUT2D eigenvalue weighted by molar-refractivity contribution is 0.621. The van der Waals surface area contributed by atoms with Crippen LogP contribution < -0.4 is 0 Å². The van der Waals surface area contributed by atoms with Crippen molar-refractivity contribution in [2.45, 2.75) is 13.0 Å². The van der Waals surface area contributed by atoms with Crippen LogP contribution >= 0.6 is 15.9 Å². The molecule has 0 aliphatic heterocycles. The molecule has 3 aromatic rings. The number of benzene rings is 2. The smallest absolute Gasteiger partial charge is 0.0924 e. The number of halogens is 1. The second-order valence-corrected chi connectivity index (χ2v) is 5.25. The third-order valence-electron chi connectivity index (χ3n) is 2.99. The van der Waals surface area contributed by atoms with Gasteiger partial charge in [-0.25, -0.2) is 0 Å². The van der Waals surface area contributed by atoms with Gasteiger partial charge in [-0.1, -0.05) is 46.3 Å². The van der Waals surface area contributed by atoms with E-state index in [2.05, 4.69) is 57.6 Å². The fraction of sp³-hybridized carbons (Fsp3) is 0.133. The normalized spacial score (nSPS) is 10.9. The van der Waals surface area contributed by atoms with E-state index >= 15 is 0 Å². The first-order chi connectivity index (χ1) is 8.81. The molecule has 90 valence electrons. The van der Waals surface area contributed by atoms with Gasteiger partial charge in [-0.05, 0) is 30.2 Å². The molecule has 0 bridgehead atoms. The monoisotopic (exact) mass is 300 g/mol. The fourth-order valence-electron chi connectivity index (χ4n) is 2.05. The number of fused-ring (bicyclic) bond motifs is 1. The number of nitrogens with zero attached hydrogens (tertiary/aromatic N) is 2. The standard InChI is InChI=1S/C15H13BrN2/c16-14-6-7-15-13(10-14)11-18(17-15)9-8-12-4-2-1-3-5-12/h1-7,10-11H,8-9H2. The van der Waals surface area contributed by atoms with E-state index < -0.39 is 0 Å². The van der Waals surface area contributed by atoms with Crippen molar-refractivity contribution < 1.29 is 0 Å². The maximum atomic E-state index is 4.56. The molecular formula is C15H13BrN2. The molecule has 0 atom stereocenters. The van der Waals surface area contributed by atoms with Gasteiger partial charge in [-0.15, -0.1) is 0 Å². The predicted molar refractivity (Wildman–Crippen MR) is 77.6 cm³/mol. The van der Waals surface area contributed by atoms with Crippen LogP contribution in [-0.2, 0) is 13.0 Å². The molecule has 0 N–H and O–H groups in total. The average molecular weight is 301 g/mol. The molecule has 1 heterocycles. The summed E-state index contributed by atoms with van der Waals surface area (Å²) in [6.45, 7) is 0.913. The molecule has 0 saturated heterocycles. The highest BCUT2D eigenvalue weighted by Gasteiger charge is 2.01. The van der Waals surface area contributed by atoms with Crippen molar-refractivity contribution in [2.24, 2.45) is 0 Å². The van der Waals surface area contributed by atoms with E-state index in [0.717, 1.165) is 23.0 Å². The summed E-state index contributed by atoms with van der Waals surface area (Å²) in [5.74, 6) is 0. The van der Waals surface area contributed by atoms with E-state index in [9.17, 15) is 0 Å². The predicted octanol–water partition coefficient (Wildman–Crippen LogP) is 4.04. The first-order valence-corrected chi connectivity index (χ1v) is 6.77. The maximum absolute atomic E-state index is 4.56.